The van der Waals surface area contributed by atoms with Crippen LogP contribution in [0.25, 0.3) is 0 Å². The summed E-state index contributed by atoms with van der Waals surface area (Å²) >= 11 is 0. The number of rotatable bonds is 3. The van der Waals surface area contributed by atoms with E-state index in [2.05, 4.69) is 31.4 Å². The van der Waals surface area contributed by atoms with Crippen LogP contribution in [0, 0.1) is 5.41 Å². The molecule has 1 aliphatic heterocycles. The van der Waals surface area contributed by atoms with Crippen molar-refractivity contribution in [2.45, 2.75) is 46.1 Å². The molecule has 0 bridgehead atoms. The Morgan fingerprint density at radius 1 is 1.33 bits per heavy atom. The maximum absolute atomic E-state index is 12.2. The molecule has 5 heteroatoms. The number of nitrogens with one attached hydrogen (secondary N) is 2. The summed E-state index contributed by atoms with van der Waals surface area (Å²) in [4.78, 5) is 25.2. The normalized spacial score (nSPS) is 19.8. The lowest BCUT2D eigenvalue weighted by Crippen LogP contribution is -2.45. The molecular weight excluding hydrogens is 230 g/mol. The Morgan fingerprint density at radius 2 is 2.00 bits per heavy atom. The van der Waals surface area contributed by atoms with Crippen molar-refractivity contribution < 1.29 is 9.59 Å². The van der Waals surface area contributed by atoms with Crippen LogP contribution in [0.5, 0.6) is 0 Å². The molecule has 0 saturated carbocycles. The number of amides is 3. The third-order valence-electron chi connectivity index (χ3n) is 3.10. The van der Waals surface area contributed by atoms with Crippen molar-refractivity contribution in [2.24, 2.45) is 5.41 Å². The van der Waals surface area contributed by atoms with Crippen molar-refractivity contribution in [3.63, 3.8) is 0 Å². The molecular formula is C13H25N3O2. The molecule has 1 fully saturated rings. The highest BCUT2D eigenvalue weighted by atomic mass is 16.2. The molecule has 1 atom stereocenters. The molecule has 0 aromatic carbocycles. The van der Waals surface area contributed by atoms with Crippen LogP contribution in [-0.2, 0) is 4.79 Å². The largest absolute Gasteiger partial charge is 0.341 e. The molecule has 0 aromatic rings. The van der Waals surface area contributed by atoms with Crippen LogP contribution in [0.1, 0.15) is 40.0 Å². The van der Waals surface area contributed by atoms with Crippen LogP contribution in [0.15, 0.2) is 0 Å². The summed E-state index contributed by atoms with van der Waals surface area (Å²) in [5.74, 6) is 0.198. The van der Waals surface area contributed by atoms with Gasteiger partial charge in [-0.2, -0.15) is 0 Å². The van der Waals surface area contributed by atoms with Gasteiger partial charge >= 0.3 is 6.03 Å². The van der Waals surface area contributed by atoms with E-state index < -0.39 is 0 Å². The second-order valence-electron chi connectivity index (χ2n) is 6.08. The van der Waals surface area contributed by atoms with E-state index in [1.807, 2.05) is 4.90 Å². The van der Waals surface area contributed by atoms with E-state index in [9.17, 15) is 9.59 Å². The Balaban J connectivity index is 2.49. The number of carbonyl (C=O) groups is 2. The van der Waals surface area contributed by atoms with Gasteiger partial charge in [-0.05, 0) is 18.3 Å². The van der Waals surface area contributed by atoms with E-state index in [1.165, 1.54) is 0 Å². The lowest BCUT2D eigenvalue weighted by atomic mass is 9.91. The second kappa shape index (κ2) is 6.07. The molecule has 0 aliphatic carbocycles. The highest BCUT2D eigenvalue weighted by Crippen LogP contribution is 2.24. The number of hydrogen-bond donors (Lipinski definition) is 2. The first kappa shape index (κ1) is 14.8. The molecule has 5 nitrogen and oxygen atoms in total. The smallest absolute Gasteiger partial charge is 0.314 e. The molecule has 18 heavy (non-hydrogen) atoms. The van der Waals surface area contributed by atoms with E-state index in [0.717, 1.165) is 19.4 Å². The quantitative estimate of drug-likeness (QED) is 0.799. The molecule has 1 saturated heterocycles. The minimum atomic E-state index is -0.190. The van der Waals surface area contributed by atoms with Crippen LogP contribution < -0.4 is 10.6 Å². The van der Waals surface area contributed by atoms with Gasteiger partial charge in [0, 0.05) is 32.6 Å². The van der Waals surface area contributed by atoms with Gasteiger partial charge in [-0.1, -0.05) is 20.8 Å². The van der Waals surface area contributed by atoms with Gasteiger partial charge < -0.3 is 15.5 Å². The van der Waals surface area contributed by atoms with Crippen molar-refractivity contribution in [1.82, 2.24) is 15.5 Å². The number of likely N-dealkylation sites (tertiary alicyclic amines) is 1. The van der Waals surface area contributed by atoms with Crippen molar-refractivity contribution >= 4 is 11.9 Å². The first-order valence-electron chi connectivity index (χ1n) is 6.58. The molecule has 1 rings (SSSR count). The van der Waals surface area contributed by atoms with Gasteiger partial charge in [0.05, 0.1) is 0 Å². The number of carbonyl (C=O) groups excluding carboxylic acids is 2. The highest BCUT2D eigenvalue weighted by molar-refractivity contribution is 5.78. The van der Waals surface area contributed by atoms with E-state index >= 15 is 0 Å². The van der Waals surface area contributed by atoms with Gasteiger partial charge in [0.1, 0.15) is 0 Å². The zero-order valence-electron chi connectivity index (χ0n) is 11.9. The molecule has 1 aliphatic rings. The van der Waals surface area contributed by atoms with Crippen LogP contribution in [-0.4, -0.2) is 43.0 Å². The molecule has 3 amide bonds. The van der Waals surface area contributed by atoms with E-state index in [0.29, 0.717) is 13.0 Å². The van der Waals surface area contributed by atoms with Crippen molar-refractivity contribution in [1.29, 1.82) is 0 Å². The van der Waals surface area contributed by atoms with Gasteiger partial charge in [0.15, 0.2) is 0 Å². The van der Waals surface area contributed by atoms with Crippen LogP contribution in [0.3, 0.4) is 0 Å². The number of hydrogen-bond acceptors (Lipinski definition) is 2. The average Bonchev–Trinajstić information content (AvgIpc) is 2.71. The fourth-order valence-electron chi connectivity index (χ4n) is 2.23. The Hall–Kier alpha value is -1.26. The molecule has 0 spiro atoms. The number of nitrogens with zero attached hydrogens (tertiary/aromatic N) is 1. The summed E-state index contributed by atoms with van der Waals surface area (Å²) in [6.45, 7) is 7.56. The van der Waals surface area contributed by atoms with Gasteiger partial charge in [-0.15, -0.1) is 0 Å². The summed E-state index contributed by atoms with van der Waals surface area (Å²) in [5, 5.41) is 5.30. The average molecular weight is 255 g/mol. The van der Waals surface area contributed by atoms with Gasteiger partial charge in [0.2, 0.25) is 5.91 Å². The Bertz CT molecular complexity index is 310. The minimum absolute atomic E-state index is 0.0123. The van der Waals surface area contributed by atoms with Crippen LogP contribution in [0.2, 0.25) is 0 Å². The predicted octanol–water partition coefficient (Wildman–Crippen LogP) is 1.34. The topological polar surface area (TPSA) is 61.4 Å². The molecule has 0 aromatic heterocycles. The van der Waals surface area contributed by atoms with Crippen LogP contribution >= 0.6 is 0 Å². The van der Waals surface area contributed by atoms with Gasteiger partial charge in [-0.25, -0.2) is 4.79 Å². The molecule has 2 N–H and O–H groups in total. The third-order valence-corrected chi connectivity index (χ3v) is 3.10. The van der Waals surface area contributed by atoms with Crippen molar-refractivity contribution in [3.8, 4) is 0 Å². The molecule has 104 valence electrons. The zero-order valence-corrected chi connectivity index (χ0v) is 11.9. The maximum Gasteiger partial charge on any atom is 0.314 e. The first-order chi connectivity index (χ1) is 8.33. The Kier molecular flexibility index (Phi) is 4.99. The molecule has 0 unspecified atom stereocenters. The summed E-state index contributed by atoms with van der Waals surface area (Å²) in [6, 6.07) is -0.0396. The number of urea groups is 1. The standard InChI is InChI=1S/C13H25N3O2/c1-13(2,3)8-11(17)16-7-5-6-10(16)9-15-12(18)14-4/h10H,5-9H2,1-4H3,(H2,14,15,18)/t10-/m1/s1. The first-order valence-corrected chi connectivity index (χ1v) is 6.58. The minimum Gasteiger partial charge on any atom is -0.341 e. The van der Waals surface area contributed by atoms with E-state index in [1.54, 1.807) is 7.05 Å². The highest BCUT2D eigenvalue weighted by Gasteiger charge is 2.30. The monoisotopic (exact) mass is 255 g/mol. The van der Waals surface area contributed by atoms with E-state index in [4.69, 9.17) is 0 Å². The van der Waals surface area contributed by atoms with Crippen molar-refractivity contribution in [3.05, 3.63) is 0 Å². The zero-order chi connectivity index (χ0) is 13.8. The second-order valence-corrected chi connectivity index (χ2v) is 6.08. The van der Waals surface area contributed by atoms with Gasteiger partial charge in [0.25, 0.3) is 0 Å². The Labute approximate surface area is 109 Å². The Morgan fingerprint density at radius 3 is 2.56 bits per heavy atom. The lowest BCUT2D eigenvalue weighted by molar-refractivity contribution is -0.133. The third kappa shape index (κ3) is 4.55. The maximum atomic E-state index is 12.2. The molecule has 1 heterocycles. The van der Waals surface area contributed by atoms with E-state index in [-0.39, 0.29) is 23.4 Å². The van der Waals surface area contributed by atoms with Crippen LogP contribution in [0.4, 0.5) is 4.79 Å². The summed E-state index contributed by atoms with van der Waals surface area (Å²) in [6.07, 6.45) is 2.55. The summed E-state index contributed by atoms with van der Waals surface area (Å²) in [5.41, 5.74) is 0.0123. The summed E-state index contributed by atoms with van der Waals surface area (Å²) < 4.78 is 0. The SMILES string of the molecule is CNC(=O)NC[C@H]1CCCN1C(=O)CC(C)(C)C. The fourth-order valence-corrected chi connectivity index (χ4v) is 2.23. The van der Waals surface area contributed by atoms with Crippen molar-refractivity contribution in [2.75, 3.05) is 20.1 Å². The van der Waals surface area contributed by atoms with Gasteiger partial charge in [-0.3, -0.25) is 4.79 Å². The predicted molar refractivity (Wildman–Crippen MR) is 71.3 cm³/mol. The lowest BCUT2D eigenvalue weighted by Gasteiger charge is -2.28. The summed E-state index contributed by atoms with van der Waals surface area (Å²) in [7, 11) is 1.59. The fraction of sp³-hybridized carbons (Fsp3) is 0.846. The molecule has 0 radical (unpaired) electrons.